The van der Waals surface area contributed by atoms with E-state index in [1.165, 1.54) is 14.0 Å². The number of ether oxygens (including phenoxy) is 2. The molecule has 5 heteroatoms. The standard InChI is InChI=1S/C23H34O5/c1-4-5-8-11-20(28-18(2)24)16-14-19-15-17-22(25)21(19)12-9-6-7-10-13-23(26)27-3/h6,9,14-17,19-21H,4-5,7-8,10-13H2,1-3H3. The first kappa shape index (κ1) is 23.9. The van der Waals surface area contributed by atoms with Gasteiger partial charge in [0, 0.05) is 25.2 Å². The summed E-state index contributed by atoms with van der Waals surface area (Å²) in [6.45, 7) is 3.56. The molecule has 0 amide bonds. The Bertz CT molecular complexity index is 588. The smallest absolute Gasteiger partial charge is 0.305 e. The van der Waals surface area contributed by atoms with Gasteiger partial charge in [-0.05, 0) is 44.3 Å². The van der Waals surface area contributed by atoms with Crippen LogP contribution in [0.15, 0.2) is 36.5 Å². The molecule has 5 nitrogen and oxygen atoms in total. The molecule has 0 N–H and O–H groups in total. The Balaban J connectivity index is 2.53. The summed E-state index contributed by atoms with van der Waals surface area (Å²) in [7, 11) is 1.39. The van der Waals surface area contributed by atoms with Crippen LogP contribution in [0.2, 0.25) is 0 Å². The van der Waals surface area contributed by atoms with Gasteiger partial charge in [0.25, 0.3) is 0 Å². The second-order valence-electron chi connectivity index (χ2n) is 7.15. The van der Waals surface area contributed by atoms with Gasteiger partial charge in [-0.3, -0.25) is 14.4 Å². The van der Waals surface area contributed by atoms with Crippen LogP contribution in [0.5, 0.6) is 0 Å². The van der Waals surface area contributed by atoms with Crippen molar-refractivity contribution < 1.29 is 23.9 Å². The van der Waals surface area contributed by atoms with Gasteiger partial charge in [-0.25, -0.2) is 0 Å². The van der Waals surface area contributed by atoms with Gasteiger partial charge in [-0.15, -0.1) is 0 Å². The van der Waals surface area contributed by atoms with Gasteiger partial charge >= 0.3 is 11.9 Å². The number of hydrogen-bond donors (Lipinski definition) is 0. The molecule has 3 unspecified atom stereocenters. The third kappa shape index (κ3) is 9.67. The van der Waals surface area contributed by atoms with Gasteiger partial charge in [0.15, 0.2) is 5.78 Å². The number of carbonyl (C=O) groups excluding carboxylic acids is 3. The Morgan fingerprint density at radius 2 is 2.00 bits per heavy atom. The summed E-state index contributed by atoms with van der Waals surface area (Å²) in [5.74, 6) is -0.437. The number of carbonyl (C=O) groups is 3. The second kappa shape index (κ2) is 13.9. The van der Waals surface area contributed by atoms with Crippen LogP contribution in [0.3, 0.4) is 0 Å². The monoisotopic (exact) mass is 390 g/mol. The van der Waals surface area contributed by atoms with Crippen LogP contribution in [0.1, 0.15) is 65.2 Å². The Morgan fingerprint density at radius 1 is 1.21 bits per heavy atom. The maximum atomic E-state index is 12.2. The molecular weight excluding hydrogens is 356 g/mol. The highest BCUT2D eigenvalue weighted by Crippen LogP contribution is 2.28. The molecule has 1 rings (SSSR count). The fourth-order valence-electron chi connectivity index (χ4n) is 3.21. The van der Waals surface area contributed by atoms with Gasteiger partial charge in [0.1, 0.15) is 6.10 Å². The van der Waals surface area contributed by atoms with Crippen molar-refractivity contribution in [1.82, 2.24) is 0 Å². The minimum Gasteiger partial charge on any atom is -0.469 e. The van der Waals surface area contributed by atoms with Crippen LogP contribution in [0.4, 0.5) is 0 Å². The van der Waals surface area contributed by atoms with E-state index in [4.69, 9.17) is 4.74 Å². The molecule has 0 aromatic rings. The number of allylic oxidation sites excluding steroid dienone is 5. The zero-order valence-corrected chi connectivity index (χ0v) is 17.4. The van der Waals surface area contributed by atoms with Gasteiger partial charge in [0.2, 0.25) is 0 Å². The summed E-state index contributed by atoms with van der Waals surface area (Å²) in [6, 6.07) is 0. The third-order valence-electron chi connectivity index (χ3n) is 4.81. The molecule has 0 saturated carbocycles. The Labute approximate surface area is 168 Å². The number of ketones is 1. The van der Waals surface area contributed by atoms with Crippen molar-refractivity contribution in [3.05, 3.63) is 36.5 Å². The molecule has 0 radical (unpaired) electrons. The molecule has 0 aromatic heterocycles. The highest BCUT2D eigenvalue weighted by atomic mass is 16.5. The first-order valence-corrected chi connectivity index (χ1v) is 10.3. The summed E-state index contributed by atoms with van der Waals surface area (Å²) in [5, 5.41) is 0. The highest BCUT2D eigenvalue weighted by molar-refractivity contribution is 5.95. The largest absolute Gasteiger partial charge is 0.469 e. The first-order valence-electron chi connectivity index (χ1n) is 10.3. The molecule has 0 aliphatic heterocycles. The number of methoxy groups -OCH3 is 1. The first-order chi connectivity index (χ1) is 13.5. The van der Waals surface area contributed by atoms with Crippen molar-refractivity contribution in [2.45, 2.75) is 71.3 Å². The van der Waals surface area contributed by atoms with E-state index >= 15 is 0 Å². The van der Waals surface area contributed by atoms with Gasteiger partial charge in [-0.2, -0.15) is 0 Å². The molecule has 1 aliphatic carbocycles. The van der Waals surface area contributed by atoms with Gasteiger partial charge < -0.3 is 9.47 Å². The minimum atomic E-state index is -0.282. The fraction of sp³-hybridized carbons (Fsp3) is 0.609. The van der Waals surface area contributed by atoms with E-state index < -0.39 is 0 Å². The van der Waals surface area contributed by atoms with E-state index in [2.05, 4.69) is 11.7 Å². The van der Waals surface area contributed by atoms with E-state index in [9.17, 15) is 14.4 Å². The zero-order valence-electron chi connectivity index (χ0n) is 17.4. The lowest BCUT2D eigenvalue weighted by atomic mass is 9.90. The molecule has 28 heavy (non-hydrogen) atoms. The molecule has 0 bridgehead atoms. The summed E-state index contributed by atoms with van der Waals surface area (Å²) in [6.07, 6.45) is 17.9. The van der Waals surface area contributed by atoms with Crippen LogP contribution in [-0.2, 0) is 23.9 Å². The topological polar surface area (TPSA) is 69.7 Å². The Kier molecular flexibility index (Phi) is 11.9. The maximum Gasteiger partial charge on any atom is 0.305 e. The quantitative estimate of drug-likeness (QED) is 0.259. The maximum absolute atomic E-state index is 12.2. The van der Waals surface area contributed by atoms with Crippen molar-refractivity contribution in [3.8, 4) is 0 Å². The fourth-order valence-corrected chi connectivity index (χ4v) is 3.21. The van der Waals surface area contributed by atoms with Crippen molar-refractivity contribution in [3.63, 3.8) is 0 Å². The SMILES string of the molecule is CCCCCC(C=CC1C=CC(=O)C1CC=CCCCC(=O)OC)OC(C)=O. The van der Waals surface area contributed by atoms with Crippen LogP contribution < -0.4 is 0 Å². The number of unbranched alkanes of at least 4 members (excludes halogenated alkanes) is 3. The van der Waals surface area contributed by atoms with E-state index in [1.807, 2.05) is 30.4 Å². The second-order valence-corrected chi connectivity index (χ2v) is 7.15. The predicted molar refractivity (Wildman–Crippen MR) is 110 cm³/mol. The van der Waals surface area contributed by atoms with Crippen LogP contribution >= 0.6 is 0 Å². The molecule has 0 aromatic carbocycles. The molecule has 0 fully saturated rings. The average molecular weight is 391 g/mol. The molecule has 156 valence electrons. The molecule has 0 spiro atoms. The average Bonchev–Trinajstić information content (AvgIpc) is 3.01. The van der Waals surface area contributed by atoms with Crippen LogP contribution in [-0.4, -0.2) is 30.9 Å². The molecule has 0 heterocycles. The van der Waals surface area contributed by atoms with Gasteiger partial charge in [-0.1, -0.05) is 44.1 Å². The normalized spacial score (nSPS) is 20.2. The van der Waals surface area contributed by atoms with Crippen molar-refractivity contribution in [1.29, 1.82) is 0 Å². The van der Waals surface area contributed by atoms with E-state index in [0.717, 1.165) is 38.5 Å². The van der Waals surface area contributed by atoms with Crippen molar-refractivity contribution >= 4 is 17.7 Å². The lowest BCUT2D eigenvalue weighted by Crippen LogP contribution is -2.16. The van der Waals surface area contributed by atoms with Crippen molar-refractivity contribution in [2.24, 2.45) is 11.8 Å². The summed E-state index contributed by atoms with van der Waals surface area (Å²) in [5.41, 5.74) is 0. The van der Waals surface area contributed by atoms with Crippen molar-refractivity contribution in [2.75, 3.05) is 7.11 Å². The van der Waals surface area contributed by atoms with E-state index in [-0.39, 0.29) is 35.7 Å². The highest BCUT2D eigenvalue weighted by Gasteiger charge is 2.27. The summed E-state index contributed by atoms with van der Waals surface area (Å²) < 4.78 is 10.00. The lowest BCUT2D eigenvalue weighted by molar-refractivity contribution is -0.144. The van der Waals surface area contributed by atoms with Crippen LogP contribution in [0, 0.1) is 11.8 Å². The van der Waals surface area contributed by atoms with Gasteiger partial charge in [0.05, 0.1) is 7.11 Å². The number of hydrogen-bond acceptors (Lipinski definition) is 5. The van der Waals surface area contributed by atoms with E-state index in [1.54, 1.807) is 6.08 Å². The van der Waals surface area contributed by atoms with E-state index in [0.29, 0.717) is 12.8 Å². The lowest BCUT2D eigenvalue weighted by Gasteiger charge is -2.16. The predicted octanol–water partition coefficient (Wildman–Crippen LogP) is 4.72. The zero-order chi connectivity index (χ0) is 20.8. The molecule has 1 aliphatic rings. The van der Waals surface area contributed by atoms with Crippen LogP contribution in [0.25, 0.3) is 0 Å². The molecule has 3 atom stereocenters. The summed E-state index contributed by atoms with van der Waals surface area (Å²) in [4.78, 5) is 34.6. The summed E-state index contributed by atoms with van der Waals surface area (Å²) >= 11 is 0. The Morgan fingerprint density at radius 3 is 2.68 bits per heavy atom. The number of esters is 2. The third-order valence-corrected chi connectivity index (χ3v) is 4.81. The Hall–Kier alpha value is -2.17. The molecular formula is C23H34O5. The molecule has 0 saturated heterocycles. The minimum absolute atomic E-state index is 0.0245. The number of rotatable bonds is 13.